The molecule has 18 heavy (non-hydrogen) atoms. The lowest BCUT2D eigenvalue weighted by molar-refractivity contribution is -0.116. The predicted molar refractivity (Wildman–Crippen MR) is 75.2 cm³/mol. The van der Waals surface area contributed by atoms with E-state index in [0.717, 1.165) is 25.1 Å². The molecule has 1 aromatic rings. The van der Waals surface area contributed by atoms with Crippen molar-refractivity contribution in [2.24, 2.45) is 0 Å². The molecule has 2 rings (SSSR count). The van der Waals surface area contributed by atoms with Crippen LogP contribution in [0, 0.1) is 0 Å². The number of nitrogens with zero attached hydrogens (tertiary/aromatic N) is 1. The molecule has 0 saturated carbocycles. The molecule has 1 aromatic carbocycles. The molecule has 98 valence electrons. The molecule has 3 nitrogen and oxygen atoms in total. The highest BCUT2D eigenvalue weighted by Gasteiger charge is 2.22. The van der Waals surface area contributed by atoms with Gasteiger partial charge in [-0.15, -0.1) is 11.8 Å². The fourth-order valence-electron chi connectivity index (χ4n) is 2.22. The summed E-state index contributed by atoms with van der Waals surface area (Å²) < 4.78 is 0. The molecule has 0 aliphatic carbocycles. The highest BCUT2D eigenvalue weighted by atomic mass is 32.2. The number of hydrogen-bond acceptors (Lipinski definition) is 3. The summed E-state index contributed by atoms with van der Waals surface area (Å²) in [6.45, 7) is 4.68. The van der Waals surface area contributed by atoms with Gasteiger partial charge in [0.15, 0.2) is 0 Å². The number of carbonyl (C=O) groups is 1. The summed E-state index contributed by atoms with van der Waals surface area (Å²) in [6.07, 6.45) is 1.89. The van der Waals surface area contributed by atoms with Crippen molar-refractivity contribution in [1.29, 1.82) is 0 Å². The number of aliphatic hydroxyl groups is 1. The SMILES string of the molecule is CCC(CO)Sc1ccc2c(c1)CCN2C(C)=O. The third kappa shape index (κ3) is 2.70. The molecule has 0 spiro atoms. The molecular weight excluding hydrogens is 246 g/mol. The maximum atomic E-state index is 11.5. The third-order valence-corrected chi connectivity index (χ3v) is 4.63. The summed E-state index contributed by atoms with van der Waals surface area (Å²) in [5.74, 6) is 0.107. The van der Waals surface area contributed by atoms with Gasteiger partial charge in [0.05, 0.1) is 6.61 Å². The van der Waals surface area contributed by atoms with Crippen LogP contribution >= 0.6 is 11.8 Å². The zero-order valence-corrected chi connectivity index (χ0v) is 11.7. The Balaban J connectivity index is 2.17. The maximum Gasteiger partial charge on any atom is 0.223 e. The number of amides is 1. The number of carbonyl (C=O) groups excluding carboxylic acids is 1. The van der Waals surface area contributed by atoms with Crippen molar-refractivity contribution in [2.45, 2.75) is 36.8 Å². The van der Waals surface area contributed by atoms with Crippen molar-refractivity contribution in [1.82, 2.24) is 0 Å². The molecule has 0 fully saturated rings. The Kier molecular flexibility index (Phi) is 4.30. The van der Waals surface area contributed by atoms with Crippen LogP contribution in [0.4, 0.5) is 5.69 Å². The molecule has 1 unspecified atom stereocenters. The molecule has 0 radical (unpaired) electrons. The van der Waals surface area contributed by atoms with Gasteiger partial charge < -0.3 is 10.0 Å². The summed E-state index contributed by atoms with van der Waals surface area (Å²) in [6, 6.07) is 6.22. The Morgan fingerprint density at radius 2 is 2.33 bits per heavy atom. The van der Waals surface area contributed by atoms with Crippen LogP contribution in [0.25, 0.3) is 0 Å². The van der Waals surface area contributed by atoms with Crippen LogP contribution in [0.5, 0.6) is 0 Å². The Morgan fingerprint density at radius 3 is 2.94 bits per heavy atom. The van der Waals surface area contributed by atoms with Crippen LogP contribution < -0.4 is 4.90 Å². The van der Waals surface area contributed by atoms with Gasteiger partial charge in [-0.25, -0.2) is 0 Å². The first kappa shape index (κ1) is 13.4. The summed E-state index contributed by atoms with van der Waals surface area (Å²) in [5.41, 5.74) is 2.28. The van der Waals surface area contributed by atoms with E-state index in [1.807, 2.05) is 17.0 Å². The molecule has 1 N–H and O–H groups in total. The minimum atomic E-state index is 0.107. The Morgan fingerprint density at radius 1 is 1.56 bits per heavy atom. The number of aliphatic hydroxyl groups excluding tert-OH is 1. The van der Waals surface area contributed by atoms with Gasteiger partial charge in [-0.3, -0.25) is 4.79 Å². The van der Waals surface area contributed by atoms with Gasteiger partial charge in [0.1, 0.15) is 0 Å². The van der Waals surface area contributed by atoms with E-state index >= 15 is 0 Å². The highest BCUT2D eigenvalue weighted by molar-refractivity contribution is 8.00. The summed E-state index contributed by atoms with van der Waals surface area (Å²) in [5, 5.41) is 9.48. The van der Waals surface area contributed by atoms with Gasteiger partial charge in [-0.2, -0.15) is 0 Å². The standard InChI is InChI=1S/C14H19NO2S/c1-3-12(9-16)18-13-4-5-14-11(8-13)6-7-15(14)10(2)17/h4-5,8,12,16H,3,6-7,9H2,1-2H3. The molecule has 4 heteroatoms. The van der Waals surface area contributed by atoms with E-state index in [-0.39, 0.29) is 17.8 Å². The second kappa shape index (κ2) is 5.76. The van der Waals surface area contributed by atoms with Crippen molar-refractivity contribution >= 4 is 23.4 Å². The van der Waals surface area contributed by atoms with E-state index in [2.05, 4.69) is 13.0 Å². The summed E-state index contributed by atoms with van der Waals surface area (Å²) in [4.78, 5) is 14.5. The molecule has 1 aliphatic rings. The molecule has 1 heterocycles. The van der Waals surface area contributed by atoms with Crippen molar-refractivity contribution in [3.63, 3.8) is 0 Å². The lowest BCUT2D eigenvalue weighted by Crippen LogP contribution is -2.25. The Hall–Kier alpha value is -1.00. The van der Waals surface area contributed by atoms with Crippen LogP contribution in [0.2, 0.25) is 0 Å². The van der Waals surface area contributed by atoms with Crippen LogP contribution in [0.15, 0.2) is 23.1 Å². The van der Waals surface area contributed by atoms with E-state index in [4.69, 9.17) is 0 Å². The minimum absolute atomic E-state index is 0.107. The second-order valence-electron chi connectivity index (χ2n) is 4.54. The normalized spacial score (nSPS) is 15.6. The topological polar surface area (TPSA) is 40.5 Å². The number of rotatable bonds is 4. The zero-order valence-electron chi connectivity index (χ0n) is 10.8. The number of hydrogen-bond donors (Lipinski definition) is 1. The van der Waals surface area contributed by atoms with Crippen LogP contribution in [0.1, 0.15) is 25.8 Å². The lowest BCUT2D eigenvalue weighted by atomic mass is 10.2. The van der Waals surface area contributed by atoms with Crippen LogP contribution in [-0.2, 0) is 11.2 Å². The molecule has 0 aromatic heterocycles. The van der Waals surface area contributed by atoms with E-state index in [1.54, 1.807) is 18.7 Å². The Labute approximate surface area is 112 Å². The van der Waals surface area contributed by atoms with E-state index in [0.29, 0.717) is 0 Å². The monoisotopic (exact) mass is 265 g/mol. The van der Waals surface area contributed by atoms with Crippen LogP contribution in [-0.4, -0.2) is 29.4 Å². The average molecular weight is 265 g/mol. The van der Waals surface area contributed by atoms with Gasteiger partial charge in [-0.05, 0) is 36.6 Å². The van der Waals surface area contributed by atoms with Crippen LogP contribution in [0.3, 0.4) is 0 Å². The summed E-state index contributed by atoms with van der Waals surface area (Å²) >= 11 is 1.71. The first-order chi connectivity index (χ1) is 8.65. The number of benzene rings is 1. The lowest BCUT2D eigenvalue weighted by Gasteiger charge is -2.16. The molecule has 0 bridgehead atoms. The number of fused-ring (bicyclic) bond motifs is 1. The zero-order chi connectivity index (χ0) is 13.1. The minimum Gasteiger partial charge on any atom is -0.395 e. The second-order valence-corrected chi connectivity index (χ2v) is 5.92. The van der Waals surface area contributed by atoms with Crippen molar-refractivity contribution < 1.29 is 9.90 Å². The average Bonchev–Trinajstić information content (AvgIpc) is 2.78. The van der Waals surface area contributed by atoms with E-state index in [9.17, 15) is 9.90 Å². The molecule has 1 atom stereocenters. The van der Waals surface area contributed by atoms with Gasteiger partial charge in [0, 0.05) is 29.3 Å². The quantitative estimate of drug-likeness (QED) is 0.850. The first-order valence-electron chi connectivity index (χ1n) is 6.34. The van der Waals surface area contributed by atoms with E-state index in [1.165, 1.54) is 10.5 Å². The van der Waals surface area contributed by atoms with Crippen molar-refractivity contribution in [2.75, 3.05) is 18.1 Å². The van der Waals surface area contributed by atoms with Crippen molar-refractivity contribution in [3.05, 3.63) is 23.8 Å². The van der Waals surface area contributed by atoms with Gasteiger partial charge in [0.2, 0.25) is 5.91 Å². The van der Waals surface area contributed by atoms with Crippen molar-refractivity contribution in [3.8, 4) is 0 Å². The first-order valence-corrected chi connectivity index (χ1v) is 7.22. The van der Waals surface area contributed by atoms with E-state index < -0.39 is 0 Å². The fraction of sp³-hybridized carbons (Fsp3) is 0.500. The molecular formula is C14H19NO2S. The predicted octanol–water partition coefficient (Wildman–Crippen LogP) is 2.46. The molecule has 0 saturated heterocycles. The van der Waals surface area contributed by atoms with Gasteiger partial charge >= 0.3 is 0 Å². The largest absolute Gasteiger partial charge is 0.395 e. The summed E-state index contributed by atoms with van der Waals surface area (Å²) in [7, 11) is 0. The van der Waals surface area contributed by atoms with Gasteiger partial charge in [-0.1, -0.05) is 6.92 Å². The smallest absolute Gasteiger partial charge is 0.223 e. The third-order valence-electron chi connectivity index (χ3n) is 3.29. The van der Waals surface area contributed by atoms with Gasteiger partial charge in [0.25, 0.3) is 0 Å². The maximum absolute atomic E-state index is 11.5. The number of anilines is 1. The number of thioether (sulfide) groups is 1. The Bertz CT molecular complexity index is 443. The highest BCUT2D eigenvalue weighted by Crippen LogP contribution is 2.33. The molecule has 1 amide bonds. The molecule has 1 aliphatic heterocycles. The fourth-order valence-corrected chi connectivity index (χ4v) is 3.20.